The number of rotatable bonds is 2. The number of pyridine rings is 1. The lowest BCUT2D eigenvalue weighted by atomic mass is 10.0. The van der Waals surface area contributed by atoms with Crippen LogP contribution in [-0.2, 0) is 17.7 Å². The summed E-state index contributed by atoms with van der Waals surface area (Å²) in [6.07, 6.45) is 4.36. The normalized spacial score (nSPS) is 22.4. The number of aryl methyl sites for hydroxylation is 2. The molecule has 2 atom stereocenters. The average molecular weight is 419 g/mol. The lowest BCUT2D eigenvalue weighted by Gasteiger charge is -2.33. The van der Waals surface area contributed by atoms with E-state index in [0.717, 1.165) is 61.7 Å². The maximum atomic E-state index is 12.6. The maximum Gasteiger partial charge on any atom is 0.274 e. The molecule has 2 unspecified atom stereocenters. The van der Waals surface area contributed by atoms with E-state index < -0.39 is 0 Å². The van der Waals surface area contributed by atoms with Crippen LogP contribution in [0.1, 0.15) is 34.5 Å². The molecule has 2 bridgehead atoms. The molecule has 3 aliphatic rings. The van der Waals surface area contributed by atoms with Gasteiger partial charge in [-0.25, -0.2) is 4.98 Å². The van der Waals surface area contributed by atoms with Crippen LogP contribution in [0, 0.1) is 20.8 Å². The molecule has 0 aliphatic carbocycles. The first-order chi connectivity index (χ1) is 15.0. The molecule has 2 saturated heterocycles. The Kier molecular flexibility index (Phi) is 4.08. The number of fused-ring (bicyclic) bond motifs is 4. The quantitative estimate of drug-likeness (QED) is 0.630. The van der Waals surface area contributed by atoms with Crippen molar-refractivity contribution < 1.29 is 4.74 Å². The van der Waals surface area contributed by atoms with Crippen molar-refractivity contribution in [2.45, 2.75) is 52.3 Å². The Labute approximate surface area is 180 Å². The van der Waals surface area contributed by atoms with Gasteiger partial charge >= 0.3 is 0 Å². The van der Waals surface area contributed by atoms with Gasteiger partial charge < -0.3 is 14.5 Å². The van der Waals surface area contributed by atoms with Crippen LogP contribution >= 0.6 is 0 Å². The average Bonchev–Trinajstić information content (AvgIpc) is 3.40. The van der Waals surface area contributed by atoms with E-state index in [1.165, 1.54) is 21.8 Å². The van der Waals surface area contributed by atoms with Crippen molar-refractivity contribution in [3.05, 3.63) is 56.8 Å². The number of anilines is 2. The molecule has 160 valence electrons. The summed E-state index contributed by atoms with van der Waals surface area (Å²) in [4.78, 5) is 26.6. The van der Waals surface area contributed by atoms with Crippen LogP contribution in [0.2, 0.25) is 0 Å². The van der Waals surface area contributed by atoms with Gasteiger partial charge in [0.25, 0.3) is 5.56 Å². The van der Waals surface area contributed by atoms with Crippen molar-refractivity contribution in [2.24, 2.45) is 0 Å². The van der Waals surface area contributed by atoms with Crippen molar-refractivity contribution in [1.29, 1.82) is 0 Å². The molecule has 3 aliphatic heterocycles. The van der Waals surface area contributed by atoms with Gasteiger partial charge in [0.1, 0.15) is 0 Å². The molecule has 31 heavy (non-hydrogen) atoms. The van der Waals surface area contributed by atoms with Crippen molar-refractivity contribution in [1.82, 2.24) is 19.6 Å². The Morgan fingerprint density at radius 2 is 2.03 bits per heavy atom. The molecular weight excluding hydrogens is 392 g/mol. The lowest BCUT2D eigenvalue weighted by molar-refractivity contribution is 0.0991. The Balaban J connectivity index is 1.37. The van der Waals surface area contributed by atoms with E-state index >= 15 is 0 Å². The van der Waals surface area contributed by atoms with Gasteiger partial charge in [-0.1, -0.05) is 0 Å². The minimum absolute atomic E-state index is 0.139. The third kappa shape index (κ3) is 2.92. The largest absolute Gasteiger partial charge is 0.374 e. The van der Waals surface area contributed by atoms with Crippen molar-refractivity contribution >= 4 is 17.2 Å². The highest BCUT2D eigenvalue weighted by molar-refractivity contribution is 5.60. The Bertz CT molecular complexity index is 1270. The summed E-state index contributed by atoms with van der Waals surface area (Å²) in [5.74, 6) is 0.849. The molecule has 8 heteroatoms. The van der Waals surface area contributed by atoms with Crippen molar-refractivity contribution in [3.63, 3.8) is 0 Å². The molecule has 8 nitrogen and oxygen atoms in total. The van der Waals surface area contributed by atoms with Crippen molar-refractivity contribution in [3.8, 4) is 0 Å². The fraction of sp³-hybridized carbons (Fsp3) is 0.478. The van der Waals surface area contributed by atoms with Gasteiger partial charge in [-0.2, -0.15) is 4.52 Å². The second-order valence-corrected chi connectivity index (χ2v) is 9.01. The van der Waals surface area contributed by atoms with Crippen LogP contribution in [0.4, 0.5) is 11.5 Å². The van der Waals surface area contributed by atoms with Gasteiger partial charge in [-0.3, -0.25) is 9.78 Å². The highest BCUT2D eigenvalue weighted by atomic mass is 16.5. The standard InChI is InChI=1S/C23H26N6O2/c1-13-6-21(30)29-22(25-13)14(2)15(3)23(26-29)27-5-4-20-16(10-27)7-17(9-24-20)28-11-19-8-18(28)12-31-19/h6-7,9,18-19H,4-5,8,10-12H2,1-3H3. The fourth-order valence-electron chi connectivity index (χ4n) is 5.20. The molecule has 6 rings (SSSR count). The zero-order chi connectivity index (χ0) is 21.3. The summed E-state index contributed by atoms with van der Waals surface area (Å²) in [5, 5.41) is 4.72. The summed E-state index contributed by atoms with van der Waals surface area (Å²) in [6.45, 7) is 9.26. The summed E-state index contributed by atoms with van der Waals surface area (Å²) in [7, 11) is 0. The van der Waals surface area contributed by atoms with Gasteiger partial charge in [-0.15, -0.1) is 5.10 Å². The zero-order valence-electron chi connectivity index (χ0n) is 18.1. The predicted octanol–water partition coefficient (Wildman–Crippen LogP) is 1.95. The number of ether oxygens (including phenoxy) is 1. The Hall–Kier alpha value is -3.00. The topological polar surface area (TPSA) is 75.9 Å². The van der Waals surface area contributed by atoms with E-state index in [-0.39, 0.29) is 5.56 Å². The van der Waals surface area contributed by atoms with Crippen molar-refractivity contribution in [2.75, 3.05) is 29.5 Å². The minimum atomic E-state index is -0.139. The molecule has 0 N–H and O–H groups in total. The molecule has 3 aromatic rings. The van der Waals surface area contributed by atoms with E-state index in [0.29, 0.717) is 23.5 Å². The molecule has 3 aromatic heterocycles. The van der Waals surface area contributed by atoms with E-state index in [2.05, 4.69) is 27.8 Å². The predicted molar refractivity (Wildman–Crippen MR) is 118 cm³/mol. The van der Waals surface area contributed by atoms with Crippen LogP contribution in [-0.4, -0.2) is 51.4 Å². The molecule has 0 spiro atoms. The fourth-order valence-corrected chi connectivity index (χ4v) is 5.20. The van der Waals surface area contributed by atoms with Crippen LogP contribution in [0.5, 0.6) is 0 Å². The van der Waals surface area contributed by atoms with E-state index in [4.69, 9.17) is 14.8 Å². The number of aromatic nitrogens is 4. The second-order valence-electron chi connectivity index (χ2n) is 9.01. The van der Waals surface area contributed by atoms with Crippen LogP contribution in [0.25, 0.3) is 5.65 Å². The zero-order valence-corrected chi connectivity index (χ0v) is 18.1. The Morgan fingerprint density at radius 3 is 2.81 bits per heavy atom. The number of hydrogen-bond donors (Lipinski definition) is 0. The molecule has 0 amide bonds. The summed E-state index contributed by atoms with van der Waals surface area (Å²) in [5.41, 5.74) is 6.86. The van der Waals surface area contributed by atoms with Gasteiger partial charge in [0, 0.05) is 54.6 Å². The van der Waals surface area contributed by atoms with Gasteiger partial charge in [0.05, 0.1) is 30.6 Å². The Morgan fingerprint density at radius 1 is 1.16 bits per heavy atom. The van der Waals surface area contributed by atoms with E-state index in [9.17, 15) is 4.79 Å². The first-order valence-corrected chi connectivity index (χ1v) is 11.0. The van der Waals surface area contributed by atoms with Crippen LogP contribution < -0.4 is 15.4 Å². The SMILES string of the molecule is Cc1cc(=O)n2nc(N3CCc4ncc(N5CC6CC5CO6)cc4C3)c(C)c(C)c2n1. The van der Waals surface area contributed by atoms with E-state index in [1.54, 1.807) is 0 Å². The summed E-state index contributed by atoms with van der Waals surface area (Å²) >= 11 is 0. The lowest BCUT2D eigenvalue weighted by Crippen LogP contribution is -2.38. The maximum absolute atomic E-state index is 12.6. The highest BCUT2D eigenvalue weighted by Crippen LogP contribution is 2.34. The van der Waals surface area contributed by atoms with E-state index in [1.807, 2.05) is 20.0 Å². The van der Waals surface area contributed by atoms with Crippen LogP contribution in [0.15, 0.2) is 23.1 Å². The molecule has 0 aromatic carbocycles. The van der Waals surface area contributed by atoms with Crippen LogP contribution in [0.3, 0.4) is 0 Å². The monoisotopic (exact) mass is 418 g/mol. The summed E-state index contributed by atoms with van der Waals surface area (Å²) in [6, 6.07) is 4.29. The molecule has 6 heterocycles. The van der Waals surface area contributed by atoms with Gasteiger partial charge in [-0.05, 0) is 38.8 Å². The molecular formula is C23H26N6O2. The van der Waals surface area contributed by atoms with Gasteiger partial charge in [0.2, 0.25) is 0 Å². The summed E-state index contributed by atoms with van der Waals surface area (Å²) < 4.78 is 7.20. The number of hydrogen-bond acceptors (Lipinski definition) is 7. The first-order valence-electron chi connectivity index (χ1n) is 11.0. The highest BCUT2D eigenvalue weighted by Gasteiger charge is 2.39. The number of nitrogens with zero attached hydrogens (tertiary/aromatic N) is 6. The molecule has 0 radical (unpaired) electrons. The smallest absolute Gasteiger partial charge is 0.274 e. The second kappa shape index (κ2) is 6.75. The third-order valence-electron chi connectivity index (χ3n) is 7.01. The number of morpholine rings is 1. The molecule has 2 fully saturated rings. The molecule has 0 saturated carbocycles. The third-order valence-corrected chi connectivity index (χ3v) is 7.01. The first kappa shape index (κ1) is 18.7. The minimum Gasteiger partial charge on any atom is -0.374 e. The van der Waals surface area contributed by atoms with Gasteiger partial charge in [0.15, 0.2) is 11.5 Å².